The van der Waals surface area contributed by atoms with E-state index in [2.05, 4.69) is 4.72 Å². The average Bonchev–Trinajstić information content (AvgIpc) is 2.62. The number of carbonyl (C=O) groups is 1. The standard InChI is InChI=1S/C18H19ClN2O4S/c1-13-5-6-16(12-17(13)18(22)21-7-9-25-10-8-21)26(23,24)20-15-4-2-3-14(19)11-15/h2-6,11-12,20H,7-10H2,1H3. The Hall–Kier alpha value is -2.09. The number of morpholine rings is 1. The molecule has 138 valence electrons. The highest BCUT2D eigenvalue weighted by Crippen LogP contribution is 2.22. The molecule has 2 aromatic carbocycles. The Morgan fingerprint density at radius 3 is 2.58 bits per heavy atom. The van der Waals surface area contributed by atoms with Crippen LogP contribution in [0.25, 0.3) is 0 Å². The molecule has 1 N–H and O–H groups in total. The zero-order valence-electron chi connectivity index (χ0n) is 14.2. The van der Waals surface area contributed by atoms with E-state index in [-0.39, 0.29) is 10.8 Å². The number of halogens is 1. The average molecular weight is 395 g/mol. The van der Waals surface area contributed by atoms with Gasteiger partial charge in [0.05, 0.1) is 23.8 Å². The molecule has 1 aliphatic heterocycles. The Kier molecular flexibility index (Phi) is 5.50. The van der Waals surface area contributed by atoms with E-state index in [0.29, 0.717) is 42.6 Å². The molecule has 0 unspecified atom stereocenters. The van der Waals surface area contributed by atoms with Crippen LogP contribution >= 0.6 is 11.6 Å². The zero-order chi connectivity index (χ0) is 18.7. The first-order valence-corrected chi connectivity index (χ1v) is 9.99. The molecule has 0 bridgehead atoms. The quantitative estimate of drug-likeness (QED) is 0.865. The van der Waals surface area contributed by atoms with Gasteiger partial charge < -0.3 is 9.64 Å². The van der Waals surface area contributed by atoms with Crippen LogP contribution in [0.1, 0.15) is 15.9 Å². The maximum atomic E-state index is 12.7. The largest absolute Gasteiger partial charge is 0.378 e. The van der Waals surface area contributed by atoms with Gasteiger partial charge in [0.25, 0.3) is 15.9 Å². The summed E-state index contributed by atoms with van der Waals surface area (Å²) in [6, 6.07) is 11.0. The van der Waals surface area contributed by atoms with Crippen molar-refractivity contribution in [3.63, 3.8) is 0 Å². The lowest BCUT2D eigenvalue weighted by Crippen LogP contribution is -2.41. The van der Waals surface area contributed by atoms with Crippen molar-refractivity contribution in [3.8, 4) is 0 Å². The SMILES string of the molecule is Cc1ccc(S(=O)(=O)Nc2cccc(Cl)c2)cc1C(=O)N1CCOCC1. The van der Waals surface area contributed by atoms with Crippen LogP contribution in [0.5, 0.6) is 0 Å². The van der Waals surface area contributed by atoms with Crippen LogP contribution in [0.4, 0.5) is 5.69 Å². The third kappa shape index (κ3) is 4.17. The summed E-state index contributed by atoms with van der Waals surface area (Å²) in [5, 5.41) is 0.428. The normalized spacial score (nSPS) is 14.9. The molecule has 2 aromatic rings. The topological polar surface area (TPSA) is 75.7 Å². The fraction of sp³-hybridized carbons (Fsp3) is 0.278. The predicted octanol–water partition coefficient (Wildman–Crippen LogP) is 2.92. The molecule has 0 atom stereocenters. The monoisotopic (exact) mass is 394 g/mol. The molecule has 0 saturated carbocycles. The van der Waals surface area contributed by atoms with Crippen LogP contribution in [-0.2, 0) is 14.8 Å². The zero-order valence-corrected chi connectivity index (χ0v) is 15.8. The van der Waals surface area contributed by atoms with Gasteiger partial charge in [-0.1, -0.05) is 23.7 Å². The van der Waals surface area contributed by atoms with Gasteiger partial charge in [-0.25, -0.2) is 8.42 Å². The molecule has 0 radical (unpaired) electrons. The molecule has 1 heterocycles. The number of aryl methyl sites for hydroxylation is 1. The number of hydrogen-bond donors (Lipinski definition) is 1. The second kappa shape index (κ2) is 7.65. The van der Waals surface area contributed by atoms with Gasteiger partial charge in [-0.2, -0.15) is 0 Å². The van der Waals surface area contributed by atoms with Crippen LogP contribution < -0.4 is 4.72 Å². The van der Waals surface area contributed by atoms with Gasteiger partial charge in [-0.3, -0.25) is 9.52 Å². The minimum atomic E-state index is -3.84. The summed E-state index contributed by atoms with van der Waals surface area (Å²) in [5.74, 6) is -0.189. The summed E-state index contributed by atoms with van der Waals surface area (Å²) < 4.78 is 33.1. The second-order valence-corrected chi connectivity index (χ2v) is 8.12. The third-order valence-corrected chi connectivity index (χ3v) is 5.74. The summed E-state index contributed by atoms with van der Waals surface area (Å²) in [6.45, 7) is 3.75. The minimum absolute atomic E-state index is 0.0275. The van der Waals surface area contributed by atoms with E-state index >= 15 is 0 Å². The highest BCUT2D eigenvalue weighted by Gasteiger charge is 2.23. The van der Waals surface area contributed by atoms with Crippen molar-refractivity contribution < 1.29 is 17.9 Å². The number of nitrogens with one attached hydrogen (secondary N) is 1. The van der Waals surface area contributed by atoms with E-state index < -0.39 is 10.0 Å². The van der Waals surface area contributed by atoms with Gasteiger partial charge in [0.15, 0.2) is 0 Å². The van der Waals surface area contributed by atoms with Crippen molar-refractivity contribution in [3.05, 3.63) is 58.6 Å². The molecule has 0 spiro atoms. The lowest BCUT2D eigenvalue weighted by molar-refractivity contribution is 0.0302. The summed E-state index contributed by atoms with van der Waals surface area (Å²) >= 11 is 5.90. The first kappa shape index (κ1) is 18.7. The first-order chi connectivity index (χ1) is 12.4. The molecule has 1 fully saturated rings. The highest BCUT2D eigenvalue weighted by molar-refractivity contribution is 7.92. The van der Waals surface area contributed by atoms with E-state index in [1.807, 2.05) is 0 Å². The van der Waals surface area contributed by atoms with Gasteiger partial charge in [-0.15, -0.1) is 0 Å². The fourth-order valence-corrected chi connectivity index (χ4v) is 3.97. The van der Waals surface area contributed by atoms with Crippen molar-refractivity contribution in [1.82, 2.24) is 4.90 Å². The molecule has 8 heteroatoms. The number of amides is 1. The van der Waals surface area contributed by atoms with Gasteiger partial charge in [0.2, 0.25) is 0 Å². The van der Waals surface area contributed by atoms with E-state index in [1.54, 1.807) is 36.1 Å². The minimum Gasteiger partial charge on any atom is -0.378 e. The van der Waals surface area contributed by atoms with Crippen LogP contribution in [0.2, 0.25) is 5.02 Å². The lowest BCUT2D eigenvalue weighted by Gasteiger charge is -2.27. The number of hydrogen-bond acceptors (Lipinski definition) is 4. The van der Waals surface area contributed by atoms with E-state index in [4.69, 9.17) is 16.3 Å². The molecule has 6 nitrogen and oxygen atoms in total. The number of benzene rings is 2. The number of anilines is 1. The Balaban J connectivity index is 1.89. The Morgan fingerprint density at radius 1 is 1.15 bits per heavy atom. The summed E-state index contributed by atoms with van der Waals surface area (Å²) in [6.07, 6.45) is 0. The molecular weight excluding hydrogens is 376 g/mol. The highest BCUT2D eigenvalue weighted by atomic mass is 35.5. The van der Waals surface area contributed by atoms with Crippen molar-refractivity contribution in [2.24, 2.45) is 0 Å². The predicted molar refractivity (Wildman–Crippen MR) is 100 cm³/mol. The van der Waals surface area contributed by atoms with Crippen molar-refractivity contribution in [1.29, 1.82) is 0 Å². The van der Waals surface area contributed by atoms with Gasteiger partial charge in [0, 0.05) is 23.7 Å². The lowest BCUT2D eigenvalue weighted by atomic mass is 10.1. The molecular formula is C18H19ClN2O4S. The summed E-state index contributed by atoms with van der Waals surface area (Å²) in [5.41, 5.74) is 1.46. The number of rotatable bonds is 4. The smallest absolute Gasteiger partial charge is 0.261 e. The third-order valence-electron chi connectivity index (χ3n) is 4.12. The molecule has 1 saturated heterocycles. The summed E-state index contributed by atoms with van der Waals surface area (Å²) in [7, 11) is -3.84. The number of carbonyl (C=O) groups excluding carboxylic acids is 1. The van der Waals surface area contributed by atoms with E-state index in [1.165, 1.54) is 18.2 Å². The molecule has 0 aliphatic carbocycles. The van der Waals surface area contributed by atoms with Gasteiger partial charge in [-0.05, 0) is 42.8 Å². The van der Waals surface area contributed by atoms with E-state index in [9.17, 15) is 13.2 Å². The van der Waals surface area contributed by atoms with E-state index in [0.717, 1.165) is 5.56 Å². The van der Waals surface area contributed by atoms with Gasteiger partial charge in [0.1, 0.15) is 0 Å². The van der Waals surface area contributed by atoms with Crippen molar-refractivity contribution in [2.45, 2.75) is 11.8 Å². The van der Waals surface area contributed by atoms with Crippen LogP contribution in [-0.4, -0.2) is 45.5 Å². The summed E-state index contributed by atoms with van der Waals surface area (Å²) in [4.78, 5) is 14.4. The molecule has 3 rings (SSSR count). The second-order valence-electron chi connectivity index (χ2n) is 6.00. The molecule has 26 heavy (non-hydrogen) atoms. The number of sulfonamides is 1. The van der Waals surface area contributed by atoms with Crippen LogP contribution in [0, 0.1) is 6.92 Å². The maximum absolute atomic E-state index is 12.7. The van der Waals surface area contributed by atoms with Crippen molar-refractivity contribution >= 4 is 33.2 Å². The van der Waals surface area contributed by atoms with Crippen LogP contribution in [0.15, 0.2) is 47.4 Å². The van der Waals surface area contributed by atoms with Gasteiger partial charge >= 0.3 is 0 Å². The Bertz CT molecular complexity index is 925. The molecule has 0 aromatic heterocycles. The van der Waals surface area contributed by atoms with Crippen LogP contribution in [0.3, 0.4) is 0 Å². The number of nitrogens with zero attached hydrogens (tertiary/aromatic N) is 1. The molecule has 1 amide bonds. The Morgan fingerprint density at radius 2 is 1.88 bits per heavy atom. The maximum Gasteiger partial charge on any atom is 0.261 e. The number of ether oxygens (including phenoxy) is 1. The fourth-order valence-electron chi connectivity index (χ4n) is 2.70. The Labute approximate surface area is 157 Å². The van der Waals surface area contributed by atoms with Crippen molar-refractivity contribution in [2.75, 3.05) is 31.0 Å². The first-order valence-electron chi connectivity index (χ1n) is 8.13. The molecule has 1 aliphatic rings.